The van der Waals surface area contributed by atoms with Crippen LogP contribution in [0.1, 0.15) is 0 Å². The van der Waals surface area contributed by atoms with Crippen LogP contribution in [0.4, 0.5) is 0 Å². The zero-order chi connectivity index (χ0) is 10.5. The topological polar surface area (TPSA) is 92.3 Å². The zero-order valence-electron chi connectivity index (χ0n) is 7.40. The van der Waals surface area contributed by atoms with Crippen LogP contribution < -0.4 is 10.6 Å². The molecule has 0 aliphatic heterocycles. The molecular weight excluding hydrogens is 196 g/mol. The minimum absolute atomic E-state index is 0.297. The Kier molecular flexibility index (Phi) is 4.39. The molecule has 0 bridgehead atoms. The molecule has 6 nitrogen and oxygen atoms in total. The lowest BCUT2D eigenvalue weighted by molar-refractivity contribution is -0.124. The number of nitrogens with one attached hydrogen (secondary N) is 2. The number of hydrogen-bond acceptors (Lipinski definition) is 4. The van der Waals surface area contributed by atoms with Crippen molar-refractivity contribution in [3.05, 3.63) is 0 Å². The van der Waals surface area contributed by atoms with Crippen molar-refractivity contribution < 1.29 is 18.0 Å². The quantitative estimate of drug-likeness (QED) is 0.506. The van der Waals surface area contributed by atoms with E-state index in [9.17, 15) is 18.0 Å². The van der Waals surface area contributed by atoms with E-state index in [-0.39, 0.29) is 0 Å². The molecule has 0 aromatic heterocycles. The van der Waals surface area contributed by atoms with Gasteiger partial charge in [0, 0.05) is 13.3 Å². The van der Waals surface area contributed by atoms with Crippen LogP contribution in [-0.4, -0.2) is 45.8 Å². The Morgan fingerprint density at radius 1 is 1.54 bits per heavy atom. The molecule has 0 aliphatic rings. The van der Waals surface area contributed by atoms with Gasteiger partial charge in [-0.1, -0.05) is 0 Å². The van der Waals surface area contributed by atoms with Crippen molar-refractivity contribution >= 4 is 22.2 Å². The summed E-state index contributed by atoms with van der Waals surface area (Å²) >= 11 is 0. The normalized spacial score (nSPS) is 13.1. The van der Waals surface area contributed by atoms with E-state index in [1.807, 2.05) is 0 Å². The van der Waals surface area contributed by atoms with Crippen LogP contribution in [0.5, 0.6) is 0 Å². The molecule has 2 amide bonds. The highest BCUT2D eigenvalue weighted by molar-refractivity contribution is 7.90. The summed E-state index contributed by atoms with van der Waals surface area (Å²) in [5, 5.41) is 4.37. The Morgan fingerprint density at radius 2 is 2.08 bits per heavy atom. The van der Waals surface area contributed by atoms with Gasteiger partial charge in [-0.3, -0.25) is 9.59 Å². The lowest BCUT2D eigenvalue weighted by Gasteiger charge is -2.12. The maximum Gasteiger partial charge on any atom is 0.243 e. The molecule has 0 saturated heterocycles. The van der Waals surface area contributed by atoms with Gasteiger partial charge in [-0.2, -0.15) is 0 Å². The number of likely N-dealkylation sites (N-methyl/N-ethyl adjacent to an activating group) is 1. The van der Waals surface area contributed by atoms with Crippen LogP contribution in [0.3, 0.4) is 0 Å². The van der Waals surface area contributed by atoms with Crippen molar-refractivity contribution in [1.82, 2.24) is 10.6 Å². The highest BCUT2D eigenvalue weighted by atomic mass is 32.2. The Bertz CT molecular complexity index is 285. The Hall–Kier alpha value is -1.11. The molecule has 1 unspecified atom stereocenters. The number of amides is 2. The fourth-order valence-electron chi connectivity index (χ4n) is 0.759. The predicted molar refractivity (Wildman–Crippen MR) is 46.8 cm³/mol. The van der Waals surface area contributed by atoms with Gasteiger partial charge in [-0.05, 0) is 0 Å². The molecule has 0 radical (unpaired) electrons. The van der Waals surface area contributed by atoms with Crippen molar-refractivity contribution in [3.63, 3.8) is 0 Å². The average Bonchev–Trinajstić information content (AvgIpc) is 2.00. The summed E-state index contributed by atoms with van der Waals surface area (Å²) in [6, 6.07) is -1.02. The minimum atomic E-state index is -3.28. The summed E-state index contributed by atoms with van der Waals surface area (Å²) in [6.07, 6.45) is 1.29. The van der Waals surface area contributed by atoms with Crippen LogP contribution in [0.2, 0.25) is 0 Å². The second-order valence-corrected chi connectivity index (χ2v) is 4.73. The maximum absolute atomic E-state index is 11.0. The molecule has 0 spiro atoms. The lowest BCUT2D eigenvalue weighted by Crippen LogP contribution is -2.46. The molecule has 0 fully saturated rings. The molecule has 1 atom stereocenters. The number of carbonyl (C=O) groups is 2. The van der Waals surface area contributed by atoms with E-state index in [1.165, 1.54) is 7.05 Å². The molecule has 0 rings (SSSR count). The van der Waals surface area contributed by atoms with Gasteiger partial charge in [-0.15, -0.1) is 0 Å². The summed E-state index contributed by atoms with van der Waals surface area (Å²) in [7, 11) is -1.92. The molecule has 7 heteroatoms. The van der Waals surface area contributed by atoms with Crippen molar-refractivity contribution in [1.29, 1.82) is 0 Å². The summed E-state index contributed by atoms with van der Waals surface area (Å²) in [5.74, 6) is -0.927. The number of sulfone groups is 1. The molecule has 0 aromatic carbocycles. The van der Waals surface area contributed by atoms with Crippen LogP contribution in [0.15, 0.2) is 0 Å². The number of hydrogen-bond donors (Lipinski definition) is 2. The SMILES string of the molecule is CNC(=O)C(CS(C)(=O)=O)NC=O. The van der Waals surface area contributed by atoms with Crippen LogP contribution in [-0.2, 0) is 19.4 Å². The lowest BCUT2D eigenvalue weighted by atomic mass is 10.3. The fourth-order valence-corrected chi connectivity index (χ4v) is 1.61. The van der Waals surface area contributed by atoms with Crippen LogP contribution >= 0.6 is 0 Å². The van der Waals surface area contributed by atoms with Gasteiger partial charge in [0.25, 0.3) is 0 Å². The molecule has 0 heterocycles. The first-order valence-electron chi connectivity index (χ1n) is 3.49. The third-order valence-corrected chi connectivity index (χ3v) is 2.24. The number of carbonyl (C=O) groups excluding carboxylic acids is 2. The smallest absolute Gasteiger partial charge is 0.243 e. The van der Waals surface area contributed by atoms with Gasteiger partial charge in [0.2, 0.25) is 12.3 Å². The van der Waals surface area contributed by atoms with Crippen LogP contribution in [0.25, 0.3) is 0 Å². The van der Waals surface area contributed by atoms with Gasteiger partial charge in [-0.25, -0.2) is 8.42 Å². The summed E-state index contributed by atoms with van der Waals surface area (Å²) in [5.41, 5.74) is 0. The second-order valence-electron chi connectivity index (χ2n) is 2.54. The first-order chi connectivity index (χ1) is 5.90. The van der Waals surface area contributed by atoms with Gasteiger partial charge >= 0.3 is 0 Å². The molecule has 0 aliphatic carbocycles. The first-order valence-corrected chi connectivity index (χ1v) is 5.55. The highest BCUT2D eigenvalue weighted by Gasteiger charge is 2.20. The van der Waals surface area contributed by atoms with Crippen molar-refractivity contribution in [3.8, 4) is 0 Å². The molecule has 76 valence electrons. The maximum atomic E-state index is 11.0. The first kappa shape index (κ1) is 11.9. The second kappa shape index (κ2) is 4.80. The fraction of sp³-hybridized carbons (Fsp3) is 0.667. The minimum Gasteiger partial charge on any atom is -0.357 e. The van der Waals surface area contributed by atoms with Crippen molar-refractivity contribution in [2.24, 2.45) is 0 Å². The van der Waals surface area contributed by atoms with Crippen molar-refractivity contribution in [2.45, 2.75) is 6.04 Å². The summed E-state index contributed by atoms with van der Waals surface area (Å²) < 4.78 is 21.6. The van der Waals surface area contributed by atoms with E-state index in [0.717, 1.165) is 6.26 Å². The van der Waals surface area contributed by atoms with E-state index >= 15 is 0 Å². The van der Waals surface area contributed by atoms with Gasteiger partial charge < -0.3 is 10.6 Å². The van der Waals surface area contributed by atoms with E-state index in [0.29, 0.717) is 6.41 Å². The van der Waals surface area contributed by atoms with E-state index in [4.69, 9.17) is 0 Å². The molecular formula is C6H12N2O4S. The van der Waals surface area contributed by atoms with Crippen molar-refractivity contribution in [2.75, 3.05) is 19.1 Å². The third-order valence-electron chi connectivity index (χ3n) is 1.30. The van der Waals surface area contributed by atoms with Crippen LogP contribution in [0, 0.1) is 0 Å². The molecule has 0 saturated carbocycles. The van der Waals surface area contributed by atoms with E-state index in [1.54, 1.807) is 0 Å². The molecule has 2 N–H and O–H groups in total. The van der Waals surface area contributed by atoms with Gasteiger partial charge in [0.15, 0.2) is 0 Å². The summed E-state index contributed by atoms with van der Waals surface area (Å²) in [4.78, 5) is 21.0. The largest absolute Gasteiger partial charge is 0.357 e. The summed E-state index contributed by atoms with van der Waals surface area (Å²) in [6.45, 7) is 0. The monoisotopic (exact) mass is 208 g/mol. The third kappa shape index (κ3) is 5.18. The van der Waals surface area contributed by atoms with E-state index in [2.05, 4.69) is 10.6 Å². The predicted octanol–water partition coefficient (Wildman–Crippen LogP) is -2.11. The Morgan fingerprint density at radius 3 is 2.38 bits per heavy atom. The Labute approximate surface area is 76.6 Å². The highest BCUT2D eigenvalue weighted by Crippen LogP contribution is 1.90. The molecule has 13 heavy (non-hydrogen) atoms. The van der Waals surface area contributed by atoms with E-state index < -0.39 is 27.5 Å². The van der Waals surface area contributed by atoms with Gasteiger partial charge in [0.1, 0.15) is 15.9 Å². The zero-order valence-corrected chi connectivity index (χ0v) is 8.22. The Balaban J connectivity index is 4.43. The standard InChI is InChI=1S/C6H12N2O4S/c1-7-6(10)5(8-4-9)3-13(2,11)12/h4-5H,3H2,1-2H3,(H,7,10)(H,8,9). The molecule has 0 aromatic rings. The van der Waals surface area contributed by atoms with Gasteiger partial charge in [0.05, 0.1) is 5.75 Å². The number of rotatable bonds is 5. The average molecular weight is 208 g/mol.